The van der Waals surface area contributed by atoms with E-state index in [1.807, 2.05) is 24.5 Å². The number of pyridine rings is 1. The Morgan fingerprint density at radius 2 is 2.17 bits per heavy atom. The number of rotatable bonds is 9. The summed E-state index contributed by atoms with van der Waals surface area (Å²) >= 11 is 3.69. The fraction of sp³-hybridized carbons (Fsp3) is 0.316. The number of β-lactam (4-membered cyclic amide) rings is 1. The molecule has 0 unspecified atom stereocenters. The first-order valence-electron chi connectivity index (χ1n) is 10.1. The highest BCUT2D eigenvalue weighted by Gasteiger charge is 2.53. The normalized spacial score (nSPS) is 19.7. The highest BCUT2D eigenvalue weighted by molar-refractivity contribution is 8.01. The number of oxime groups is 1. The number of amides is 2. The van der Waals surface area contributed by atoms with Crippen LogP contribution in [0.4, 0.5) is 5.13 Å². The van der Waals surface area contributed by atoms with E-state index >= 15 is 0 Å². The molecule has 13 nitrogen and oxygen atoms in total. The van der Waals surface area contributed by atoms with Gasteiger partial charge in [-0.1, -0.05) is 9.83 Å². The van der Waals surface area contributed by atoms with Crippen molar-refractivity contribution in [1.29, 1.82) is 0 Å². The molecule has 0 aliphatic carbocycles. The molecule has 35 heavy (non-hydrogen) atoms. The van der Waals surface area contributed by atoms with Gasteiger partial charge < -0.3 is 25.8 Å². The van der Waals surface area contributed by atoms with E-state index in [1.54, 1.807) is 11.7 Å². The van der Waals surface area contributed by atoms with Crippen molar-refractivity contribution in [3.05, 3.63) is 41.6 Å². The Labute approximate surface area is 211 Å². The summed E-state index contributed by atoms with van der Waals surface area (Å²) in [5.41, 5.74) is 8.70. The number of aromatic nitrogens is 3. The van der Waals surface area contributed by atoms with Crippen LogP contribution in [0, 0.1) is 0 Å². The van der Waals surface area contributed by atoms with E-state index in [4.69, 9.17) is 10.6 Å². The number of anilines is 1. The molecule has 2 aromatic heterocycles. The predicted molar refractivity (Wildman–Crippen MR) is 128 cm³/mol. The zero-order chi connectivity index (χ0) is 25.1. The lowest BCUT2D eigenvalue weighted by Gasteiger charge is -2.50. The molecule has 0 aromatic carbocycles. The molecule has 0 radical (unpaired) electrons. The fourth-order valence-corrected chi connectivity index (χ4v) is 6.23. The fourth-order valence-electron chi connectivity index (χ4n) is 3.43. The summed E-state index contributed by atoms with van der Waals surface area (Å²) in [5.74, 6) is -2.05. The van der Waals surface area contributed by atoms with Crippen LogP contribution < -0.4 is 26.3 Å². The second-order valence-corrected chi connectivity index (χ2v) is 10.1. The third kappa shape index (κ3) is 5.03. The van der Waals surface area contributed by atoms with E-state index in [0.29, 0.717) is 17.1 Å². The first-order chi connectivity index (χ1) is 16.8. The van der Waals surface area contributed by atoms with Crippen molar-refractivity contribution in [3.8, 4) is 0 Å². The summed E-state index contributed by atoms with van der Waals surface area (Å²) in [6.45, 7) is 0. The molecule has 2 aliphatic heterocycles. The number of hydrogen-bond donors (Lipinski definition) is 3. The van der Waals surface area contributed by atoms with Gasteiger partial charge in [-0.25, -0.2) is 0 Å². The van der Waals surface area contributed by atoms with Gasteiger partial charge in [0.2, 0.25) is 23.9 Å². The summed E-state index contributed by atoms with van der Waals surface area (Å²) in [7, 11) is 3.04. The number of nitrogen functional groups attached to an aromatic ring is 1. The van der Waals surface area contributed by atoms with Crippen molar-refractivity contribution >= 4 is 63.7 Å². The maximum absolute atomic E-state index is 12.9. The molecule has 0 saturated carbocycles. The van der Waals surface area contributed by atoms with E-state index in [9.17, 15) is 19.5 Å². The van der Waals surface area contributed by atoms with Gasteiger partial charge in [0, 0.05) is 40.1 Å². The maximum Gasteiger partial charge on any atom is 0.278 e. The maximum atomic E-state index is 12.9. The van der Waals surface area contributed by atoms with Crippen molar-refractivity contribution in [2.45, 2.75) is 16.3 Å². The van der Waals surface area contributed by atoms with E-state index in [1.165, 1.54) is 30.6 Å². The number of nitrogens with two attached hydrogens (primary N) is 1. The van der Waals surface area contributed by atoms with Crippen molar-refractivity contribution in [2.24, 2.45) is 5.16 Å². The summed E-state index contributed by atoms with van der Waals surface area (Å²) in [6, 6.07) is 2.83. The molecule has 16 heteroatoms. The van der Waals surface area contributed by atoms with Gasteiger partial charge in [0.05, 0.1) is 18.7 Å². The molecule has 2 aromatic rings. The van der Waals surface area contributed by atoms with E-state index in [0.717, 1.165) is 21.3 Å². The molecule has 2 aliphatic rings. The molecule has 4 heterocycles. The van der Waals surface area contributed by atoms with Gasteiger partial charge >= 0.3 is 0 Å². The van der Waals surface area contributed by atoms with Gasteiger partial charge in [0.1, 0.15) is 18.5 Å². The van der Waals surface area contributed by atoms with Crippen LogP contribution in [0.25, 0.3) is 0 Å². The minimum absolute atomic E-state index is 0.0393. The number of fused-ring (bicyclic) bond motifs is 1. The SMILES string of the molecule is CN[n+]1ccc(SCC2=C(C(=O)[O-])N3C(=O)[C@@H](NC(=O)/C(=N\OC)c4nsc(N)n4)[C@H]3SC2)cc1. The second-order valence-electron chi connectivity index (χ2n) is 7.13. The number of hydrogen-bond acceptors (Lipinski definition) is 13. The van der Waals surface area contributed by atoms with Crippen LogP contribution in [0.1, 0.15) is 5.82 Å². The van der Waals surface area contributed by atoms with Crippen molar-refractivity contribution in [3.63, 3.8) is 0 Å². The van der Waals surface area contributed by atoms with Crippen LogP contribution in [-0.2, 0) is 19.2 Å². The Balaban J connectivity index is 1.47. The molecular formula is C19H20N8O5S3. The van der Waals surface area contributed by atoms with Gasteiger partial charge in [-0.3, -0.25) is 14.5 Å². The minimum Gasteiger partial charge on any atom is -0.543 e. The monoisotopic (exact) mass is 536 g/mol. The Kier molecular flexibility index (Phi) is 7.42. The van der Waals surface area contributed by atoms with Crippen LogP contribution in [0.2, 0.25) is 0 Å². The number of carboxylic acid groups (broad SMARTS) is 1. The highest BCUT2D eigenvalue weighted by atomic mass is 32.2. The lowest BCUT2D eigenvalue weighted by Crippen LogP contribution is -2.71. The molecule has 4 N–H and O–H groups in total. The van der Waals surface area contributed by atoms with Gasteiger partial charge in [-0.2, -0.15) is 14.8 Å². The second kappa shape index (κ2) is 10.5. The summed E-state index contributed by atoms with van der Waals surface area (Å²) in [4.78, 5) is 48.4. The molecule has 4 rings (SSSR count). The van der Waals surface area contributed by atoms with Crippen LogP contribution in [0.15, 0.2) is 45.8 Å². The molecule has 2 amide bonds. The van der Waals surface area contributed by atoms with Crippen LogP contribution in [0.3, 0.4) is 0 Å². The summed E-state index contributed by atoms with van der Waals surface area (Å²) in [6.07, 6.45) is 3.68. The number of nitrogens with one attached hydrogen (secondary N) is 2. The van der Waals surface area contributed by atoms with Crippen LogP contribution >= 0.6 is 35.1 Å². The summed E-state index contributed by atoms with van der Waals surface area (Å²) < 4.78 is 5.71. The lowest BCUT2D eigenvalue weighted by molar-refractivity contribution is -0.647. The smallest absolute Gasteiger partial charge is 0.278 e. The number of carbonyl (C=O) groups excluding carboxylic acids is 3. The first-order valence-corrected chi connectivity index (χ1v) is 12.9. The average molecular weight is 537 g/mol. The molecular weight excluding hydrogens is 516 g/mol. The predicted octanol–water partition coefficient (Wildman–Crippen LogP) is -1.87. The first kappa shape index (κ1) is 24.7. The van der Waals surface area contributed by atoms with Crippen LogP contribution in [0.5, 0.6) is 0 Å². The molecule has 1 saturated heterocycles. The Hall–Kier alpha value is -3.37. The number of carboxylic acids is 1. The minimum atomic E-state index is -1.44. The Morgan fingerprint density at radius 1 is 1.43 bits per heavy atom. The number of carbonyl (C=O) groups is 3. The largest absolute Gasteiger partial charge is 0.543 e. The van der Waals surface area contributed by atoms with Crippen molar-refractivity contribution < 1.29 is 29.0 Å². The van der Waals surface area contributed by atoms with E-state index in [-0.39, 0.29) is 22.4 Å². The average Bonchev–Trinajstić information content (AvgIpc) is 3.29. The number of thioether (sulfide) groups is 2. The molecule has 2 atom stereocenters. The van der Waals surface area contributed by atoms with E-state index in [2.05, 4.69) is 25.3 Å². The standard InChI is InChI=1S/C19H20N8O5S3/c1-21-26-5-3-10(4-6-26)33-7-9-8-34-17-12(16(29)27(17)13(9)18(30)31)22-15(28)11(24-32-2)14-23-19(20)35-25-14/h3-6,12,17,21H,7-8H2,1-2H3,(H3-,20,22,23,25,28,30,31)/b24-11-/t12-,17-/m1/s1. The quantitative estimate of drug-likeness (QED) is 0.107. The zero-order valence-electron chi connectivity index (χ0n) is 18.5. The number of aliphatic carboxylic acids is 1. The third-order valence-corrected chi connectivity index (χ3v) is 8.03. The zero-order valence-corrected chi connectivity index (χ0v) is 20.9. The Morgan fingerprint density at radius 3 is 2.77 bits per heavy atom. The van der Waals surface area contributed by atoms with Crippen LogP contribution in [-0.4, -0.2) is 74.8 Å². The van der Waals surface area contributed by atoms with Crippen molar-refractivity contribution in [2.75, 3.05) is 36.8 Å². The van der Waals surface area contributed by atoms with Gasteiger partial charge in [-0.15, -0.1) is 23.5 Å². The summed E-state index contributed by atoms with van der Waals surface area (Å²) in [5, 5.41) is 17.7. The topological polar surface area (TPSA) is 179 Å². The molecule has 0 bridgehead atoms. The highest BCUT2D eigenvalue weighted by Crippen LogP contribution is 2.41. The van der Waals surface area contributed by atoms with Gasteiger partial charge in [-0.05, 0) is 5.57 Å². The Bertz CT molecular complexity index is 1220. The van der Waals surface area contributed by atoms with Gasteiger partial charge in [0.15, 0.2) is 5.13 Å². The molecule has 0 spiro atoms. The third-order valence-electron chi connectivity index (χ3n) is 5.05. The molecule has 184 valence electrons. The lowest BCUT2D eigenvalue weighted by atomic mass is 10.0. The van der Waals surface area contributed by atoms with Gasteiger partial charge in [0.25, 0.3) is 11.8 Å². The van der Waals surface area contributed by atoms with E-state index < -0.39 is 29.2 Å². The number of nitrogens with zero attached hydrogens (tertiary/aromatic N) is 5. The molecule has 1 fully saturated rings. The van der Waals surface area contributed by atoms with Crippen molar-refractivity contribution in [1.82, 2.24) is 19.6 Å².